The summed E-state index contributed by atoms with van der Waals surface area (Å²) in [6, 6.07) is 12.3. The quantitative estimate of drug-likeness (QED) is 0.848. The van der Waals surface area contributed by atoms with Crippen LogP contribution in [0.5, 0.6) is 0 Å². The molecule has 23 heavy (non-hydrogen) atoms. The van der Waals surface area contributed by atoms with Crippen molar-refractivity contribution < 1.29 is 9.53 Å². The summed E-state index contributed by atoms with van der Waals surface area (Å²) in [5.74, 6) is -0.193. The van der Waals surface area contributed by atoms with Crippen LogP contribution < -0.4 is 16.0 Å². The molecule has 5 nitrogen and oxygen atoms in total. The molecule has 3 N–H and O–H groups in total. The van der Waals surface area contributed by atoms with E-state index in [2.05, 4.69) is 10.2 Å². The van der Waals surface area contributed by atoms with Gasteiger partial charge in [-0.25, -0.2) is 0 Å². The second kappa shape index (κ2) is 6.89. The van der Waals surface area contributed by atoms with E-state index in [9.17, 15) is 4.79 Å². The third-order valence-electron chi connectivity index (χ3n) is 3.73. The number of amides is 1. The number of nitrogen functional groups attached to an aromatic ring is 1. The molecule has 0 aromatic heterocycles. The maximum atomic E-state index is 12.4. The van der Waals surface area contributed by atoms with Gasteiger partial charge < -0.3 is 20.7 Å². The Kier molecular flexibility index (Phi) is 4.69. The van der Waals surface area contributed by atoms with Crippen molar-refractivity contribution in [3.8, 4) is 0 Å². The third kappa shape index (κ3) is 3.75. The molecule has 1 aliphatic rings. The first-order chi connectivity index (χ1) is 11.1. The van der Waals surface area contributed by atoms with E-state index < -0.39 is 0 Å². The van der Waals surface area contributed by atoms with E-state index in [1.165, 1.54) is 0 Å². The lowest BCUT2D eigenvalue weighted by molar-refractivity contribution is 0.102. The largest absolute Gasteiger partial charge is 0.399 e. The lowest BCUT2D eigenvalue weighted by Gasteiger charge is -2.30. The van der Waals surface area contributed by atoms with Crippen LogP contribution in [0.4, 0.5) is 17.1 Å². The zero-order chi connectivity index (χ0) is 16.2. The summed E-state index contributed by atoms with van der Waals surface area (Å²) >= 11 is 5.86. The highest BCUT2D eigenvalue weighted by atomic mass is 35.5. The maximum absolute atomic E-state index is 12.4. The zero-order valence-electron chi connectivity index (χ0n) is 12.6. The second-order valence-electron chi connectivity index (χ2n) is 5.34. The molecule has 1 fully saturated rings. The number of ether oxygens (including phenoxy) is 1. The molecular formula is C17H18ClN3O2. The van der Waals surface area contributed by atoms with Crippen molar-refractivity contribution in [2.45, 2.75) is 0 Å². The standard InChI is InChI=1S/C17H18ClN3O2/c18-13-3-1-12(2-4-13)17(22)20-15-11-14(19)5-6-16(15)21-7-9-23-10-8-21/h1-6,11H,7-10,19H2,(H,20,22). The Labute approximate surface area is 140 Å². The molecule has 0 radical (unpaired) electrons. The molecular weight excluding hydrogens is 314 g/mol. The molecule has 2 aromatic carbocycles. The Morgan fingerprint density at radius 3 is 2.52 bits per heavy atom. The molecule has 6 heteroatoms. The smallest absolute Gasteiger partial charge is 0.255 e. The molecule has 1 heterocycles. The van der Waals surface area contributed by atoms with Crippen LogP contribution >= 0.6 is 11.6 Å². The zero-order valence-corrected chi connectivity index (χ0v) is 13.3. The van der Waals surface area contributed by atoms with Crippen LogP contribution in [0.25, 0.3) is 0 Å². The average Bonchev–Trinajstić information content (AvgIpc) is 2.56. The van der Waals surface area contributed by atoms with Gasteiger partial charge in [-0.05, 0) is 42.5 Å². The molecule has 0 unspecified atom stereocenters. The Morgan fingerprint density at radius 2 is 1.83 bits per heavy atom. The molecule has 0 spiro atoms. The number of morpholine rings is 1. The number of carbonyl (C=O) groups is 1. The van der Waals surface area contributed by atoms with Crippen LogP contribution in [0.15, 0.2) is 42.5 Å². The number of nitrogens with two attached hydrogens (primary N) is 1. The van der Waals surface area contributed by atoms with Gasteiger partial charge in [0.25, 0.3) is 5.91 Å². The Balaban J connectivity index is 1.84. The molecule has 1 amide bonds. The van der Waals surface area contributed by atoms with E-state index in [4.69, 9.17) is 22.1 Å². The van der Waals surface area contributed by atoms with Gasteiger partial charge in [0.1, 0.15) is 0 Å². The fourth-order valence-electron chi connectivity index (χ4n) is 2.53. The fraction of sp³-hybridized carbons (Fsp3) is 0.235. The van der Waals surface area contributed by atoms with Crippen molar-refractivity contribution in [2.24, 2.45) is 0 Å². The molecule has 0 aliphatic carbocycles. The summed E-state index contributed by atoms with van der Waals surface area (Å²) in [7, 11) is 0. The number of hydrogen-bond acceptors (Lipinski definition) is 4. The number of nitrogens with one attached hydrogen (secondary N) is 1. The Morgan fingerprint density at radius 1 is 1.13 bits per heavy atom. The topological polar surface area (TPSA) is 67.6 Å². The summed E-state index contributed by atoms with van der Waals surface area (Å²) in [5, 5.41) is 3.54. The number of nitrogens with zero attached hydrogens (tertiary/aromatic N) is 1. The van der Waals surface area contributed by atoms with Gasteiger partial charge in [0.2, 0.25) is 0 Å². The summed E-state index contributed by atoms with van der Waals surface area (Å²) in [4.78, 5) is 14.6. The minimum Gasteiger partial charge on any atom is -0.399 e. The van der Waals surface area contributed by atoms with Crippen LogP contribution in [0.2, 0.25) is 5.02 Å². The average molecular weight is 332 g/mol. The first-order valence-corrected chi connectivity index (χ1v) is 7.80. The van der Waals surface area contributed by atoms with Crippen LogP contribution in [0.3, 0.4) is 0 Å². The maximum Gasteiger partial charge on any atom is 0.255 e. The molecule has 120 valence electrons. The summed E-state index contributed by atoms with van der Waals surface area (Å²) in [6.45, 7) is 2.92. The lowest BCUT2D eigenvalue weighted by atomic mass is 10.1. The van der Waals surface area contributed by atoms with Crippen molar-refractivity contribution in [3.63, 3.8) is 0 Å². The predicted octanol–water partition coefficient (Wildman–Crippen LogP) is 3.01. The Bertz CT molecular complexity index is 697. The first-order valence-electron chi connectivity index (χ1n) is 7.42. The fourth-order valence-corrected chi connectivity index (χ4v) is 2.66. The third-order valence-corrected chi connectivity index (χ3v) is 3.98. The van der Waals surface area contributed by atoms with Crippen molar-refractivity contribution in [2.75, 3.05) is 42.3 Å². The molecule has 2 aromatic rings. The van der Waals surface area contributed by atoms with Crippen LogP contribution in [-0.2, 0) is 4.74 Å². The second-order valence-corrected chi connectivity index (χ2v) is 5.77. The molecule has 1 aliphatic heterocycles. The minimum absolute atomic E-state index is 0.193. The van der Waals surface area contributed by atoms with Crippen LogP contribution in [0.1, 0.15) is 10.4 Å². The number of carbonyl (C=O) groups excluding carboxylic acids is 1. The first kappa shape index (κ1) is 15.6. The number of anilines is 3. The van der Waals surface area contributed by atoms with Gasteiger partial charge in [0.05, 0.1) is 24.6 Å². The van der Waals surface area contributed by atoms with Crippen LogP contribution in [0, 0.1) is 0 Å². The van der Waals surface area contributed by atoms with E-state index in [1.54, 1.807) is 30.3 Å². The summed E-state index contributed by atoms with van der Waals surface area (Å²) in [6.07, 6.45) is 0. The molecule has 0 saturated carbocycles. The van der Waals surface area contributed by atoms with Gasteiger partial charge in [-0.1, -0.05) is 11.6 Å². The van der Waals surface area contributed by atoms with E-state index >= 15 is 0 Å². The highest BCUT2D eigenvalue weighted by Gasteiger charge is 2.17. The van der Waals surface area contributed by atoms with Gasteiger partial charge in [-0.15, -0.1) is 0 Å². The highest BCUT2D eigenvalue weighted by Crippen LogP contribution is 2.29. The normalized spacial score (nSPS) is 14.6. The van der Waals surface area contributed by atoms with Crippen molar-refractivity contribution in [1.82, 2.24) is 0 Å². The van der Waals surface area contributed by atoms with Crippen molar-refractivity contribution in [1.29, 1.82) is 0 Å². The van der Waals surface area contributed by atoms with E-state index in [-0.39, 0.29) is 5.91 Å². The van der Waals surface area contributed by atoms with Gasteiger partial charge >= 0.3 is 0 Å². The molecule has 0 atom stereocenters. The van der Waals surface area contributed by atoms with Crippen molar-refractivity contribution >= 4 is 34.6 Å². The van der Waals surface area contributed by atoms with Gasteiger partial charge in [0.15, 0.2) is 0 Å². The Hall–Kier alpha value is -2.24. The van der Waals surface area contributed by atoms with Gasteiger partial charge in [0, 0.05) is 29.4 Å². The molecule has 0 bridgehead atoms. The van der Waals surface area contributed by atoms with Gasteiger partial charge in [-0.3, -0.25) is 4.79 Å². The number of halogens is 1. The van der Waals surface area contributed by atoms with Crippen molar-refractivity contribution in [3.05, 3.63) is 53.1 Å². The minimum atomic E-state index is -0.193. The molecule has 3 rings (SSSR count). The van der Waals surface area contributed by atoms with E-state index in [0.717, 1.165) is 18.8 Å². The van der Waals surface area contributed by atoms with Crippen LogP contribution in [-0.4, -0.2) is 32.2 Å². The van der Waals surface area contributed by atoms with Gasteiger partial charge in [-0.2, -0.15) is 0 Å². The number of hydrogen-bond donors (Lipinski definition) is 2. The summed E-state index contributed by atoms with van der Waals surface area (Å²) in [5.41, 5.74) is 8.68. The van der Waals surface area contributed by atoms with E-state index in [1.807, 2.05) is 12.1 Å². The molecule has 1 saturated heterocycles. The van der Waals surface area contributed by atoms with E-state index in [0.29, 0.717) is 35.2 Å². The lowest BCUT2D eigenvalue weighted by Crippen LogP contribution is -2.36. The monoisotopic (exact) mass is 331 g/mol. The SMILES string of the molecule is Nc1ccc(N2CCOCC2)c(NC(=O)c2ccc(Cl)cc2)c1. The predicted molar refractivity (Wildman–Crippen MR) is 93.3 cm³/mol. The number of rotatable bonds is 3. The summed E-state index contributed by atoms with van der Waals surface area (Å²) < 4.78 is 5.38. The number of benzene rings is 2. The highest BCUT2D eigenvalue weighted by molar-refractivity contribution is 6.30.